The van der Waals surface area contributed by atoms with Crippen molar-refractivity contribution in [1.29, 1.82) is 0 Å². The van der Waals surface area contributed by atoms with E-state index >= 15 is 0 Å². The van der Waals surface area contributed by atoms with Gasteiger partial charge in [0.1, 0.15) is 0 Å². The van der Waals surface area contributed by atoms with E-state index in [1.54, 1.807) is 0 Å². The Labute approximate surface area is 180 Å². The van der Waals surface area contributed by atoms with Crippen LogP contribution in [0, 0.1) is 6.92 Å². The van der Waals surface area contributed by atoms with Crippen molar-refractivity contribution in [2.75, 3.05) is 6.54 Å². The number of thiophene rings is 1. The van der Waals surface area contributed by atoms with Crippen LogP contribution >= 0.6 is 11.3 Å². The Morgan fingerprint density at radius 1 is 1.07 bits per heavy atom. The number of carbonyl (C=O) groups is 1. The number of amides is 1. The second kappa shape index (κ2) is 9.05. The standard InChI is InChI=1S/C24H23N3O2S/c1-17-10-12-20(13-11-17)23-25-22(29-26-23)14-15-27(24(28)21-9-6-16-30-21)18(2)19-7-4-3-5-8-19/h3-13,16,18H,14-15H2,1-2H3. The van der Waals surface area contributed by atoms with Crippen LogP contribution in [0.2, 0.25) is 0 Å². The molecule has 0 fully saturated rings. The third-order valence-corrected chi connectivity index (χ3v) is 5.94. The van der Waals surface area contributed by atoms with Gasteiger partial charge in [-0.15, -0.1) is 11.3 Å². The fourth-order valence-corrected chi connectivity index (χ4v) is 4.00. The summed E-state index contributed by atoms with van der Waals surface area (Å²) < 4.78 is 5.46. The highest BCUT2D eigenvalue weighted by atomic mass is 32.1. The third kappa shape index (κ3) is 4.49. The molecule has 0 aliphatic rings. The average molecular weight is 418 g/mol. The number of carbonyl (C=O) groups excluding carboxylic acids is 1. The fraction of sp³-hybridized carbons (Fsp3) is 0.208. The zero-order valence-electron chi connectivity index (χ0n) is 17.0. The Kier molecular flexibility index (Phi) is 6.05. The summed E-state index contributed by atoms with van der Waals surface area (Å²) in [6.45, 7) is 4.58. The zero-order chi connectivity index (χ0) is 20.9. The third-order valence-electron chi connectivity index (χ3n) is 5.09. The quantitative estimate of drug-likeness (QED) is 0.395. The molecule has 152 valence electrons. The van der Waals surface area contributed by atoms with Crippen molar-refractivity contribution in [2.45, 2.75) is 26.3 Å². The molecule has 0 spiro atoms. The lowest BCUT2D eigenvalue weighted by atomic mass is 10.1. The SMILES string of the molecule is Cc1ccc(-c2noc(CCN(C(=O)c3cccs3)C(C)c3ccccc3)n2)cc1. The summed E-state index contributed by atoms with van der Waals surface area (Å²) in [5.41, 5.74) is 3.19. The summed E-state index contributed by atoms with van der Waals surface area (Å²) in [5.74, 6) is 1.10. The Balaban J connectivity index is 1.52. The maximum Gasteiger partial charge on any atom is 0.264 e. The molecule has 0 saturated carbocycles. The number of benzene rings is 2. The molecule has 1 unspecified atom stereocenters. The van der Waals surface area contributed by atoms with Gasteiger partial charge in [-0.1, -0.05) is 71.4 Å². The first-order valence-electron chi connectivity index (χ1n) is 9.91. The smallest absolute Gasteiger partial charge is 0.264 e. The van der Waals surface area contributed by atoms with Gasteiger partial charge in [0.25, 0.3) is 5.91 Å². The predicted octanol–water partition coefficient (Wildman–Crippen LogP) is 5.55. The Hall–Kier alpha value is -3.25. The van der Waals surface area contributed by atoms with E-state index < -0.39 is 0 Å². The van der Waals surface area contributed by atoms with E-state index in [4.69, 9.17) is 4.52 Å². The number of aryl methyl sites for hydroxylation is 1. The van der Waals surface area contributed by atoms with Crippen molar-refractivity contribution in [3.8, 4) is 11.4 Å². The lowest BCUT2D eigenvalue weighted by molar-refractivity contribution is 0.0694. The minimum absolute atomic E-state index is 0.0135. The van der Waals surface area contributed by atoms with Gasteiger partial charge in [0.05, 0.1) is 10.9 Å². The van der Waals surface area contributed by atoms with Crippen molar-refractivity contribution in [3.63, 3.8) is 0 Å². The van der Waals surface area contributed by atoms with Crippen LogP contribution in [-0.4, -0.2) is 27.5 Å². The first kappa shape index (κ1) is 20.0. The molecule has 2 aromatic carbocycles. The maximum absolute atomic E-state index is 13.2. The summed E-state index contributed by atoms with van der Waals surface area (Å²) in [7, 11) is 0. The molecule has 2 aromatic heterocycles. The number of hydrogen-bond donors (Lipinski definition) is 0. The molecule has 0 bridgehead atoms. The van der Waals surface area contributed by atoms with Gasteiger partial charge in [0, 0.05) is 18.5 Å². The Morgan fingerprint density at radius 3 is 2.53 bits per heavy atom. The van der Waals surface area contributed by atoms with Crippen LogP contribution < -0.4 is 0 Å². The Bertz CT molecular complexity index is 1090. The van der Waals surface area contributed by atoms with Crippen molar-refractivity contribution in [3.05, 3.63) is 94.0 Å². The van der Waals surface area contributed by atoms with Gasteiger partial charge in [-0.3, -0.25) is 4.79 Å². The molecule has 2 heterocycles. The second-order valence-corrected chi connectivity index (χ2v) is 8.14. The summed E-state index contributed by atoms with van der Waals surface area (Å²) >= 11 is 1.45. The van der Waals surface area contributed by atoms with Crippen LogP contribution in [0.1, 0.15) is 39.7 Å². The van der Waals surface area contributed by atoms with Gasteiger partial charge < -0.3 is 9.42 Å². The van der Waals surface area contributed by atoms with Gasteiger partial charge >= 0.3 is 0 Å². The highest BCUT2D eigenvalue weighted by Gasteiger charge is 2.24. The molecular formula is C24H23N3O2S. The van der Waals surface area contributed by atoms with E-state index in [1.165, 1.54) is 16.9 Å². The highest BCUT2D eigenvalue weighted by Crippen LogP contribution is 2.24. The number of nitrogens with zero attached hydrogens (tertiary/aromatic N) is 3. The molecular weight excluding hydrogens is 394 g/mol. The maximum atomic E-state index is 13.2. The van der Waals surface area contributed by atoms with Gasteiger partial charge in [-0.2, -0.15) is 4.98 Å². The lowest BCUT2D eigenvalue weighted by Crippen LogP contribution is -2.35. The summed E-state index contributed by atoms with van der Waals surface area (Å²) in [6, 6.07) is 21.7. The van der Waals surface area contributed by atoms with E-state index in [0.29, 0.717) is 24.7 Å². The van der Waals surface area contributed by atoms with Crippen LogP contribution in [-0.2, 0) is 6.42 Å². The van der Waals surface area contributed by atoms with Crippen LogP contribution in [0.25, 0.3) is 11.4 Å². The normalized spacial score (nSPS) is 11.9. The summed E-state index contributed by atoms with van der Waals surface area (Å²) in [4.78, 5) is 20.3. The molecule has 1 amide bonds. The van der Waals surface area contributed by atoms with Gasteiger partial charge in [0.15, 0.2) is 0 Å². The molecule has 5 nitrogen and oxygen atoms in total. The molecule has 0 N–H and O–H groups in total. The molecule has 1 atom stereocenters. The van der Waals surface area contributed by atoms with E-state index in [0.717, 1.165) is 16.0 Å². The van der Waals surface area contributed by atoms with Crippen molar-refractivity contribution in [2.24, 2.45) is 0 Å². The van der Waals surface area contributed by atoms with Gasteiger partial charge in [0.2, 0.25) is 11.7 Å². The zero-order valence-corrected chi connectivity index (χ0v) is 17.8. The minimum atomic E-state index is -0.0692. The van der Waals surface area contributed by atoms with Crippen LogP contribution in [0.3, 0.4) is 0 Å². The van der Waals surface area contributed by atoms with Crippen LogP contribution in [0.4, 0.5) is 0 Å². The second-order valence-electron chi connectivity index (χ2n) is 7.19. The van der Waals surface area contributed by atoms with Crippen LogP contribution in [0.15, 0.2) is 76.6 Å². The largest absolute Gasteiger partial charge is 0.339 e. The molecule has 0 radical (unpaired) electrons. The van der Waals surface area contributed by atoms with E-state index in [1.807, 2.05) is 90.9 Å². The highest BCUT2D eigenvalue weighted by molar-refractivity contribution is 7.12. The van der Waals surface area contributed by atoms with Crippen molar-refractivity contribution in [1.82, 2.24) is 15.0 Å². The number of aromatic nitrogens is 2. The molecule has 4 aromatic rings. The summed E-state index contributed by atoms with van der Waals surface area (Å²) in [6.07, 6.45) is 0.493. The monoisotopic (exact) mass is 417 g/mol. The lowest BCUT2D eigenvalue weighted by Gasteiger charge is -2.29. The van der Waals surface area contributed by atoms with Gasteiger partial charge in [-0.25, -0.2) is 0 Å². The number of rotatable bonds is 7. The van der Waals surface area contributed by atoms with E-state index in [9.17, 15) is 4.79 Å². The molecule has 6 heteroatoms. The number of hydrogen-bond acceptors (Lipinski definition) is 5. The van der Waals surface area contributed by atoms with Gasteiger partial charge in [-0.05, 0) is 30.9 Å². The first-order chi connectivity index (χ1) is 14.6. The molecule has 0 aliphatic heterocycles. The van der Waals surface area contributed by atoms with E-state index in [2.05, 4.69) is 10.1 Å². The molecule has 0 aliphatic carbocycles. The molecule has 30 heavy (non-hydrogen) atoms. The van der Waals surface area contributed by atoms with Crippen molar-refractivity contribution >= 4 is 17.2 Å². The molecule has 0 saturated heterocycles. The minimum Gasteiger partial charge on any atom is -0.339 e. The summed E-state index contributed by atoms with van der Waals surface area (Å²) in [5, 5.41) is 6.03. The fourth-order valence-electron chi connectivity index (χ4n) is 3.32. The Morgan fingerprint density at radius 2 is 1.83 bits per heavy atom. The predicted molar refractivity (Wildman–Crippen MR) is 118 cm³/mol. The van der Waals surface area contributed by atoms with Crippen molar-refractivity contribution < 1.29 is 9.32 Å². The average Bonchev–Trinajstić information content (AvgIpc) is 3.47. The topological polar surface area (TPSA) is 59.2 Å². The van der Waals surface area contributed by atoms with E-state index in [-0.39, 0.29) is 11.9 Å². The van der Waals surface area contributed by atoms with Crippen LogP contribution in [0.5, 0.6) is 0 Å². The molecule has 4 rings (SSSR count). The first-order valence-corrected chi connectivity index (χ1v) is 10.8.